The summed E-state index contributed by atoms with van der Waals surface area (Å²) in [5, 5.41) is 3.65. The monoisotopic (exact) mass is 496 g/mol. The first kappa shape index (κ1) is 24.3. The van der Waals surface area contributed by atoms with Crippen LogP contribution in [0, 0.1) is 0 Å². The number of aryl methyl sites for hydroxylation is 2. The average Bonchev–Trinajstić information content (AvgIpc) is 2.82. The van der Waals surface area contributed by atoms with E-state index in [0.717, 1.165) is 24.0 Å². The van der Waals surface area contributed by atoms with Crippen molar-refractivity contribution >= 4 is 33.2 Å². The minimum Gasteiger partial charge on any atom is -0.346 e. The summed E-state index contributed by atoms with van der Waals surface area (Å²) in [5.74, 6) is -0.194. The number of carbonyl (C=O) groups excluding carboxylic acids is 1. The number of amides is 1. The highest BCUT2D eigenvalue weighted by Gasteiger charge is 2.19. The summed E-state index contributed by atoms with van der Waals surface area (Å²) < 4.78 is 26.2. The third-order valence-electron chi connectivity index (χ3n) is 6.28. The molecule has 7 heteroatoms. The van der Waals surface area contributed by atoms with Gasteiger partial charge in [-0.3, -0.25) is 9.10 Å². The van der Waals surface area contributed by atoms with Crippen LogP contribution in [0.25, 0.3) is 0 Å². The Labute approximate surface area is 206 Å². The lowest BCUT2D eigenvalue weighted by atomic mass is 9.89. The molecule has 0 saturated carbocycles. The molecule has 1 atom stereocenters. The molecule has 0 aliphatic heterocycles. The molecule has 1 aliphatic carbocycles. The summed E-state index contributed by atoms with van der Waals surface area (Å²) in [6.45, 7) is 2.16. The zero-order valence-corrected chi connectivity index (χ0v) is 21.0. The first-order valence-corrected chi connectivity index (χ1v) is 13.7. The van der Waals surface area contributed by atoms with Gasteiger partial charge in [0.2, 0.25) is 10.0 Å². The van der Waals surface area contributed by atoms with Crippen LogP contribution in [0.3, 0.4) is 0 Å². The molecule has 1 unspecified atom stereocenters. The molecule has 0 saturated heterocycles. The highest BCUT2D eigenvalue weighted by Crippen LogP contribution is 2.26. The maximum Gasteiger partial charge on any atom is 0.251 e. The molecule has 0 spiro atoms. The normalized spacial score (nSPS) is 14.2. The van der Waals surface area contributed by atoms with Gasteiger partial charge in [-0.05, 0) is 91.3 Å². The van der Waals surface area contributed by atoms with E-state index in [0.29, 0.717) is 16.3 Å². The molecule has 34 heavy (non-hydrogen) atoms. The number of halogens is 1. The predicted molar refractivity (Wildman–Crippen MR) is 138 cm³/mol. The lowest BCUT2D eigenvalue weighted by Crippen LogP contribution is -2.29. The minimum atomic E-state index is -3.52. The summed E-state index contributed by atoms with van der Waals surface area (Å²) in [6, 6.07) is 20.1. The summed E-state index contributed by atoms with van der Waals surface area (Å²) in [5.41, 5.74) is 5.69. The van der Waals surface area contributed by atoms with E-state index in [2.05, 4.69) is 23.5 Å². The fourth-order valence-corrected chi connectivity index (χ4v) is 5.33. The van der Waals surface area contributed by atoms with E-state index in [1.807, 2.05) is 6.92 Å². The minimum absolute atomic E-state index is 0.128. The maximum atomic E-state index is 12.9. The van der Waals surface area contributed by atoms with Crippen LogP contribution in [-0.4, -0.2) is 20.6 Å². The summed E-state index contributed by atoms with van der Waals surface area (Å²) in [4.78, 5) is 12.9. The maximum absolute atomic E-state index is 12.9. The molecule has 0 heterocycles. The molecule has 3 aromatic rings. The van der Waals surface area contributed by atoms with Crippen molar-refractivity contribution in [2.24, 2.45) is 0 Å². The molecule has 0 radical (unpaired) electrons. The fourth-order valence-electron chi connectivity index (χ4n) is 4.32. The number of rotatable bonds is 7. The van der Waals surface area contributed by atoms with E-state index >= 15 is 0 Å². The first-order chi connectivity index (χ1) is 16.2. The van der Waals surface area contributed by atoms with Crippen LogP contribution >= 0.6 is 11.6 Å². The molecule has 1 N–H and O–H groups in total. The Bertz CT molecular complexity index is 1270. The zero-order valence-electron chi connectivity index (χ0n) is 19.4. The molecule has 1 amide bonds. The van der Waals surface area contributed by atoms with Crippen molar-refractivity contribution in [3.63, 3.8) is 0 Å². The van der Waals surface area contributed by atoms with Crippen molar-refractivity contribution in [3.8, 4) is 0 Å². The van der Waals surface area contributed by atoms with E-state index in [1.165, 1.54) is 34.5 Å². The molecule has 4 rings (SSSR count). The van der Waals surface area contributed by atoms with Crippen molar-refractivity contribution in [1.82, 2.24) is 5.32 Å². The smallest absolute Gasteiger partial charge is 0.251 e. The summed E-state index contributed by atoms with van der Waals surface area (Å²) in [7, 11) is -3.52. The van der Waals surface area contributed by atoms with Gasteiger partial charge < -0.3 is 5.32 Å². The number of hydrogen-bond donors (Lipinski definition) is 1. The van der Waals surface area contributed by atoms with Crippen LogP contribution in [0.4, 0.5) is 5.69 Å². The summed E-state index contributed by atoms with van der Waals surface area (Å²) in [6.07, 6.45) is 5.85. The van der Waals surface area contributed by atoms with Crippen molar-refractivity contribution in [2.45, 2.75) is 45.2 Å². The van der Waals surface area contributed by atoms with Gasteiger partial charge in [-0.15, -0.1) is 0 Å². The van der Waals surface area contributed by atoms with Gasteiger partial charge >= 0.3 is 0 Å². The Morgan fingerprint density at radius 2 is 1.62 bits per heavy atom. The standard InChI is InChI=1S/C27H29ClN2O3S/c1-19(23-10-9-21-5-3-4-6-24(21)17-23)29-27(31)22-11-15-26(16-12-22)30(34(2,32)33)18-20-7-13-25(28)14-8-20/h7-17,19H,3-6,18H2,1-2H3,(H,29,31). The predicted octanol–water partition coefficient (Wildman–Crippen LogP) is 5.68. The fraction of sp³-hybridized carbons (Fsp3) is 0.296. The Kier molecular flexibility index (Phi) is 7.29. The third-order valence-corrected chi connectivity index (χ3v) is 7.67. The number of sulfonamides is 1. The molecular weight excluding hydrogens is 468 g/mol. The zero-order chi connectivity index (χ0) is 24.3. The van der Waals surface area contributed by atoms with Gasteiger partial charge in [0.05, 0.1) is 24.5 Å². The topological polar surface area (TPSA) is 66.5 Å². The average molecular weight is 497 g/mol. The summed E-state index contributed by atoms with van der Waals surface area (Å²) >= 11 is 5.94. The van der Waals surface area contributed by atoms with Gasteiger partial charge in [0, 0.05) is 10.6 Å². The van der Waals surface area contributed by atoms with Crippen LogP contribution in [-0.2, 0) is 29.4 Å². The van der Waals surface area contributed by atoms with Gasteiger partial charge in [-0.25, -0.2) is 8.42 Å². The van der Waals surface area contributed by atoms with Crippen LogP contribution in [0.5, 0.6) is 0 Å². The quantitative estimate of drug-likeness (QED) is 0.458. The number of carbonyl (C=O) groups is 1. The van der Waals surface area contributed by atoms with Crippen molar-refractivity contribution in [1.29, 1.82) is 0 Å². The second kappa shape index (κ2) is 10.2. The van der Waals surface area contributed by atoms with Gasteiger partial charge in [0.15, 0.2) is 0 Å². The number of fused-ring (bicyclic) bond motifs is 1. The third kappa shape index (κ3) is 5.80. The first-order valence-electron chi connectivity index (χ1n) is 11.5. The van der Waals surface area contributed by atoms with Crippen LogP contribution < -0.4 is 9.62 Å². The number of hydrogen-bond acceptors (Lipinski definition) is 3. The molecule has 5 nitrogen and oxygen atoms in total. The Hall–Kier alpha value is -2.83. The van der Waals surface area contributed by atoms with Crippen LogP contribution in [0.15, 0.2) is 66.7 Å². The van der Waals surface area contributed by atoms with Gasteiger partial charge in [0.1, 0.15) is 0 Å². The van der Waals surface area contributed by atoms with E-state index in [9.17, 15) is 13.2 Å². The molecule has 1 aliphatic rings. The lowest BCUT2D eigenvalue weighted by Gasteiger charge is -2.23. The number of anilines is 1. The molecule has 0 bridgehead atoms. The lowest BCUT2D eigenvalue weighted by molar-refractivity contribution is 0.0940. The Balaban J connectivity index is 1.47. The highest BCUT2D eigenvalue weighted by molar-refractivity contribution is 7.92. The SMILES string of the molecule is CC(NC(=O)c1ccc(N(Cc2ccc(Cl)cc2)S(C)(=O)=O)cc1)c1ccc2c(c1)CCCC2. The molecule has 178 valence electrons. The van der Waals surface area contributed by atoms with Crippen LogP contribution in [0.2, 0.25) is 5.02 Å². The second-order valence-corrected chi connectivity index (χ2v) is 11.2. The van der Waals surface area contributed by atoms with E-state index in [-0.39, 0.29) is 18.5 Å². The highest BCUT2D eigenvalue weighted by atomic mass is 35.5. The second-order valence-electron chi connectivity index (χ2n) is 8.87. The van der Waals surface area contributed by atoms with E-state index < -0.39 is 10.0 Å². The molecular formula is C27H29ClN2O3S. The molecule has 0 aromatic heterocycles. The number of nitrogens with one attached hydrogen (secondary N) is 1. The van der Waals surface area contributed by atoms with Crippen molar-refractivity contribution in [3.05, 3.63) is 99.6 Å². The molecule has 3 aromatic carbocycles. The Morgan fingerprint density at radius 3 is 2.26 bits per heavy atom. The molecule has 0 fully saturated rings. The van der Waals surface area contributed by atoms with Gasteiger partial charge in [0.25, 0.3) is 5.91 Å². The van der Waals surface area contributed by atoms with Crippen LogP contribution in [0.1, 0.15) is 58.4 Å². The van der Waals surface area contributed by atoms with Crippen molar-refractivity contribution in [2.75, 3.05) is 10.6 Å². The number of nitrogens with zero attached hydrogens (tertiary/aromatic N) is 1. The largest absolute Gasteiger partial charge is 0.346 e. The Morgan fingerprint density at radius 1 is 0.971 bits per heavy atom. The van der Waals surface area contributed by atoms with Gasteiger partial charge in [-0.2, -0.15) is 0 Å². The van der Waals surface area contributed by atoms with E-state index in [4.69, 9.17) is 11.6 Å². The van der Waals surface area contributed by atoms with Gasteiger partial charge in [-0.1, -0.05) is 41.9 Å². The number of benzene rings is 3. The van der Waals surface area contributed by atoms with Crippen molar-refractivity contribution < 1.29 is 13.2 Å². The van der Waals surface area contributed by atoms with E-state index in [1.54, 1.807) is 48.5 Å².